The Balaban J connectivity index is 4.29. The first kappa shape index (κ1) is 14.7. The number of nitrogens with zero attached hydrogens (tertiary/aromatic N) is 1. The van der Waals surface area contributed by atoms with Gasteiger partial charge in [-0.25, -0.2) is 0 Å². The van der Waals surface area contributed by atoms with E-state index < -0.39 is 30.7 Å². The summed E-state index contributed by atoms with van der Waals surface area (Å²) in [6.45, 7) is 1.03. The zero-order valence-electron chi connectivity index (χ0n) is 8.71. The van der Waals surface area contributed by atoms with Gasteiger partial charge in [-0.1, -0.05) is 13.3 Å². The van der Waals surface area contributed by atoms with Gasteiger partial charge in [0.05, 0.1) is 6.07 Å². The van der Waals surface area contributed by atoms with Gasteiger partial charge in [-0.05, 0) is 6.42 Å². The molecule has 0 rings (SSSR count). The van der Waals surface area contributed by atoms with Crippen LogP contribution in [0, 0.1) is 17.2 Å². The molecule has 0 aliphatic heterocycles. The summed E-state index contributed by atoms with van der Waals surface area (Å²) < 4.78 is 36.4. The smallest absolute Gasteiger partial charge is 0.405 e. The second kappa shape index (κ2) is 6.33. The number of halogens is 3. The summed E-state index contributed by atoms with van der Waals surface area (Å²) in [6.07, 6.45) is -3.87. The van der Waals surface area contributed by atoms with Crippen molar-refractivity contribution >= 4 is 5.97 Å². The van der Waals surface area contributed by atoms with E-state index in [2.05, 4.69) is 5.32 Å². The van der Waals surface area contributed by atoms with Crippen LogP contribution in [-0.4, -0.2) is 29.8 Å². The van der Waals surface area contributed by atoms with E-state index in [0.717, 1.165) is 6.07 Å². The molecule has 4 nitrogen and oxygen atoms in total. The number of carboxylic acid groups (broad SMARTS) is 1. The lowest BCUT2D eigenvalue weighted by Gasteiger charge is -2.17. The summed E-state index contributed by atoms with van der Waals surface area (Å²) in [6, 6.07) is 0.0593. The topological polar surface area (TPSA) is 73.1 Å². The van der Waals surface area contributed by atoms with Crippen LogP contribution in [0.3, 0.4) is 0 Å². The van der Waals surface area contributed by atoms with E-state index in [4.69, 9.17) is 10.4 Å². The van der Waals surface area contributed by atoms with E-state index in [9.17, 15) is 18.0 Å². The highest BCUT2D eigenvalue weighted by molar-refractivity contribution is 5.73. The monoisotopic (exact) mass is 238 g/mol. The maximum absolute atomic E-state index is 12.1. The van der Waals surface area contributed by atoms with Gasteiger partial charge in [0.25, 0.3) is 0 Å². The number of nitrogens with one attached hydrogen (secondary N) is 1. The van der Waals surface area contributed by atoms with Crippen molar-refractivity contribution in [3.05, 3.63) is 0 Å². The minimum atomic E-state index is -4.63. The third-order valence-corrected chi connectivity index (χ3v) is 1.99. The van der Waals surface area contributed by atoms with Crippen molar-refractivity contribution in [2.24, 2.45) is 5.92 Å². The van der Waals surface area contributed by atoms with Gasteiger partial charge in [-0.15, -0.1) is 0 Å². The predicted molar refractivity (Wildman–Crippen MR) is 49.5 cm³/mol. The van der Waals surface area contributed by atoms with E-state index >= 15 is 0 Å². The van der Waals surface area contributed by atoms with Crippen LogP contribution in [0.2, 0.25) is 0 Å². The number of hydrogen-bond acceptors (Lipinski definition) is 3. The zero-order valence-corrected chi connectivity index (χ0v) is 8.71. The number of nitriles is 1. The molecule has 0 aromatic rings. The second-order valence-electron chi connectivity index (χ2n) is 3.31. The Morgan fingerprint density at radius 3 is 2.44 bits per heavy atom. The van der Waals surface area contributed by atoms with Crippen LogP contribution >= 0.6 is 0 Å². The van der Waals surface area contributed by atoms with E-state index in [-0.39, 0.29) is 6.42 Å². The molecule has 2 unspecified atom stereocenters. The number of alkyl halides is 3. The first-order valence-corrected chi connectivity index (χ1v) is 4.75. The highest BCUT2D eigenvalue weighted by Gasteiger charge is 2.40. The number of carbonyl (C=O) groups is 1. The first-order valence-electron chi connectivity index (χ1n) is 4.75. The van der Waals surface area contributed by atoms with Crippen molar-refractivity contribution in [2.45, 2.75) is 32.0 Å². The highest BCUT2D eigenvalue weighted by Crippen LogP contribution is 2.25. The lowest BCUT2D eigenvalue weighted by atomic mass is 10.1. The van der Waals surface area contributed by atoms with Crippen LogP contribution in [0.25, 0.3) is 0 Å². The Morgan fingerprint density at radius 2 is 2.12 bits per heavy atom. The van der Waals surface area contributed by atoms with Crippen LogP contribution < -0.4 is 5.32 Å². The number of aliphatic carboxylic acids is 1. The molecule has 16 heavy (non-hydrogen) atoms. The molecule has 0 fully saturated rings. The standard InChI is InChI=1S/C9H13F3N2O2/c1-2-3-7(8(15)16)14-5-6(4-13)9(10,11)12/h6-7,14H,2-3,5H2,1H3,(H,15,16). The summed E-state index contributed by atoms with van der Waals surface area (Å²) in [5.74, 6) is -3.38. The average Bonchev–Trinajstić information content (AvgIpc) is 2.14. The normalized spacial score (nSPS) is 15.2. The van der Waals surface area contributed by atoms with Crippen molar-refractivity contribution in [1.82, 2.24) is 5.32 Å². The van der Waals surface area contributed by atoms with E-state index in [1.54, 1.807) is 6.92 Å². The minimum Gasteiger partial charge on any atom is -0.480 e. The number of carboxylic acids is 1. The van der Waals surface area contributed by atoms with E-state index in [1.807, 2.05) is 0 Å². The molecule has 0 aliphatic rings. The summed E-state index contributed by atoms with van der Waals surface area (Å²) in [5.41, 5.74) is 0. The summed E-state index contributed by atoms with van der Waals surface area (Å²) in [4.78, 5) is 10.6. The van der Waals surface area contributed by atoms with Crippen molar-refractivity contribution in [1.29, 1.82) is 5.26 Å². The van der Waals surface area contributed by atoms with E-state index in [1.165, 1.54) is 0 Å². The van der Waals surface area contributed by atoms with Crippen LogP contribution in [0.15, 0.2) is 0 Å². The molecule has 0 aliphatic carbocycles. The second-order valence-corrected chi connectivity index (χ2v) is 3.31. The van der Waals surface area contributed by atoms with Gasteiger partial charge >= 0.3 is 12.1 Å². The first-order chi connectivity index (χ1) is 7.32. The summed E-state index contributed by atoms with van der Waals surface area (Å²) >= 11 is 0. The number of rotatable bonds is 6. The van der Waals surface area contributed by atoms with Crippen LogP contribution in [-0.2, 0) is 4.79 Å². The van der Waals surface area contributed by atoms with Gasteiger partial charge in [0, 0.05) is 6.54 Å². The SMILES string of the molecule is CCCC(NCC(C#N)C(F)(F)F)C(=O)O. The molecule has 0 spiro atoms. The zero-order chi connectivity index (χ0) is 12.8. The Morgan fingerprint density at radius 1 is 1.56 bits per heavy atom. The Hall–Kier alpha value is -1.29. The fourth-order valence-electron chi connectivity index (χ4n) is 1.10. The summed E-state index contributed by atoms with van der Waals surface area (Å²) in [7, 11) is 0. The molecule has 7 heteroatoms. The van der Waals surface area contributed by atoms with Crippen LogP contribution in [0.5, 0.6) is 0 Å². The fraction of sp³-hybridized carbons (Fsp3) is 0.778. The molecule has 0 saturated carbocycles. The average molecular weight is 238 g/mol. The van der Waals surface area contributed by atoms with Crippen LogP contribution in [0.1, 0.15) is 19.8 Å². The molecular formula is C9H13F3N2O2. The molecule has 0 heterocycles. The van der Waals surface area contributed by atoms with E-state index in [0.29, 0.717) is 6.42 Å². The third-order valence-electron chi connectivity index (χ3n) is 1.99. The lowest BCUT2D eigenvalue weighted by Crippen LogP contribution is -2.42. The van der Waals surface area contributed by atoms with Crippen molar-refractivity contribution in [2.75, 3.05) is 6.54 Å². The van der Waals surface area contributed by atoms with Crippen LogP contribution in [0.4, 0.5) is 13.2 Å². The van der Waals surface area contributed by atoms with Gasteiger partial charge in [0.1, 0.15) is 6.04 Å². The van der Waals surface area contributed by atoms with Gasteiger partial charge < -0.3 is 10.4 Å². The Kier molecular flexibility index (Phi) is 5.82. The third kappa shape index (κ3) is 4.98. The van der Waals surface area contributed by atoms with Gasteiger partial charge in [0.15, 0.2) is 5.92 Å². The molecule has 0 amide bonds. The Bertz CT molecular complexity index is 273. The molecule has 0 aromatic carbocycles. The Labute approximate surface area is 91.1 Å². The molecule has 0 radical (unpaired) electrons. The molecule has 92 valence electrons. The molecule has 2 N–H and O–H groups in total. The number of hydrogen-bond donors (Lipinski definition) is 2. The molecule has 0 aromatic heterocycles. The van der Waals surface area contributed by atoms with Gasteiger partial charge in [-0.3, -0.25) is 4.79 Å². The predicted octanol–water partition coefficient (Wildman–Crippen LogP) is 1.53. The highest BCUT2D eigenvalue weighted by atomic mass is 19.4. The van der Waals surface area contributed by atoms with Gasteiger partial charge in [0.2, 0.25) is 0 Å². The largest absolute Gasteiger partial charge is 0.480 e. The lowest BCUT2D eigenvalue weighted by molar-refractivity contribution is -0.159. The van der Waals surface area contributed by atoms with Crippen molar-refractivity contribution < 1.29 is 23.1 Å². The molecule has 0 saturated heterocycles. The maximum Gasteiger partial charge on any atom is 0.405 e. The fourth-order valence-corrected chi connectivity index (χ4v) is 1.10. The molecule has 0 bridgehead atoms. The summed E-state index contributed by atoms with van der Waals surface area (Å²) in [5, 5.41) is 19.2. The van der Waals surface area contributed by atoms with Crippen molar-refractivity contribution in [3.63, 3.8) is 0 Å². The molecule has 2 atom stereocenters. The minimum absolute atomic E-state index is 0.228. The quantitative estimate of drug-likeness (QED) is 0.736. The van der Waals surface area contributed by atoms with Gasteiger partial charge in [-0.2, -0.15) is 18.4 Å². The maximum atomic E-state index is 12.1. The van der Waals surface area contributed by atoms with Crippen molar-refractivity contribution in [3.8, 4) is 6.07 Å². The molecular weight excluding hydrogens is 225 g/mol.